The maximum absolute atomic E-state index is 13.2. The summed E-state index contributed by atoms with van der Waals surface area (Å²) in [5.41, 5.74) is 0.572. The number of aromatic nitrogens is 3. The van der Waals surface area contributed by atoms with Crippen LogP contribution in [0, 0.1) is 0 Å². The summed E-state index contributed by atoms with van der Waals surface area (Å²) in [6.45, 7) is 1.55. The molecule has 0 spiro atoms. The van der Waals surface area contributed by atoms with Crippen LogP contribution in [-0.4, -0.2) is 20.9 Å². The molecule has 1 saturated carbocycles. The van der Waals surface area contributed by atoms with E-state index in [1.807, 2.05) is 0 Å². The fourth-order valence-corrected chi connectivity index (χ4v) is 2.14. The second-order valence-corrected chi connectivity index (χ2v) is 5.14. The highest BCUT2D eigenvalue weighted by Crippen LogP contribution is 2.61. The average Bonchev–Trinajstić information content (AvgIpc) is 2.60. The Hall–Kier alpha value is -1.04. The minimum atomic E-state index is -2.62. The molecule has 1 N–H and O–H groups in total. The fraction of sp³-hybridized carbons (Fsp3) is 0.400. The Kier molecular flexibility index (Phi) is 1.77. The summed E-state index contributed by atoms with van der Waals surface area (Å²) >= 11 is 3.19. The minimum Gasteiger partial charge on any atom is -0.341 e. The molecule has 0 radical (unpaired) electrons. The zero-order valence-corrected chi connectivity index (χ0v) is 9.98. The van der Waals surface area contributed by atoms with Crippen LogP contribution in [0.1, 0.15) is 19.0 Å². The van der Waals surface area contributed by atoms with Crippen LogP contribution in [0.2, 0.25) is 0 Å². The number of alkyl halides is 2. The van der Waals surface area contributed by atoms with Crippen molar-refractivity contribution in [3.63, 3.8) is 0 Å². The molecule has 2 heterocycles. The minimum absolute atomic E-state index is 0.117. The van der Waals surface area contributed by atoms with Crippen LogP contribution in [0.4, 0.5) is 8.78 Å². The maximum Gasteiger partial charge on any atom is 0.260 e. The summed E-state index contributed by atoms with van der Waals surface area (Å²) in [6.07, 6.45) is 1.43. The van der Waals surface area contributed by atoms with Crippen molar-refractivity contribution in [1.29, 1.82) is 0 Å². The van der Waals surface area contributed by atoms with Gasteiger partial charge in [0.1, 0.15) is 10.1 Å². The smallest absolute Gasteiger partial charge is 0.260 e. The Bertz CT molecular complexity index is 580. The Morgan fingerprint density at radius 3 is 2.81 bits per heavy atom. The normalized spacial score (nSPS) is 27.2. The summed E-state index contributed by atoms with van der Waals surface area (Å²) in [7, 11) is 0. The van der Waals surface area contributed by atoms with Crippen molar-refractivity contribution in [3.05, 3.63) is 22.6 Å². The van der Waals surface area contributed by atoms with Crippen LogP contribution in [0.5, 0.6) is 0 Å². The van der Waals surface area contributed by atoms with Crippen molar-refractivity contribution in [2.24, 2.45) is 0 Å². The van der Waals surface area contributed by atoms with Gasteiger partial charge < -0.3 is 4.98 Å². The average molecular weight is 288 g/mol. The van der Waals surface area contributed by atoms with Gasteiger partial charge in [-0.2, -0.15) is 0 Å². The number of H-pyrrole nitrogens is 1. The zero-order chi connectivity index (χ0) is 11.6. The SMILES string of the molecule is CC1(c2cc3ncc(Br)nc3[nH]2)CC1(F)F. The molecule has 0 amide bonds. The molecule has 0 aromatic carbocycles. The van der Waals surface area contributed by atoms with E-state index in [0.717, 1.165) is 0 Å². The third-order valence-corrected chi connectivity index (χ3v) is 3.54. The van der Waals surface area contributed by atoms with Crippen LogP contribution < -0.4 is 0 Å². The zero-order valence-electron chi connectivity index (χ0n) is 8.39. The lowest BCUT2D eigenvalue weighted by molar-refractivity contribution is 0.0912. The molecule has 0 bridgehead atoms. The van der Waals surface area contributed by atoms with Crippen molar-refractivity contribution in [3.8, 4) is 0 Å². The second-order valence-electron chi connectivity index (χ2n) is 4.32. The predicted octanol–water partition coefficient (Wildman–Crippen LogP) is 3.02. The highest BCUT2D eigenvalue weighted by molar-refractivity contribution is 9.10. The summed E-state index contributed by atoms with van der Waals surface area (Å²) in [4.78, 5) is 11.2. The maximum atomic E-state index is 13.2. The topological polar surface area (TPSA) is 41.6 Å². The van der Waals surface area contributed by atoms with Gasteiger partial charge in [0.25, 0.3) is 5.92 Å². The van der Waals surface area contributed by atoms with Gasteiger partial charge in [-0.15, -0.1) is 0 Å². The first-order valence-electron chi connectivity index (χ1n) is 4.82. The Morgan fingerprint density at radius 1 is 1.50 bits per heavy atom. The van der Waals surface area contributed by atoms with Gasteiger partial charge in [-0.25, -0.2) is 13.8 Å². The van der Waals surface area contributed by atoms with Crippen molar-refractivity contribution in [2.45, 2.75) is 24.7 Å². The van der Waals surface area contributed by atoms with Crippen LogP contribution in [-0.2, 0) is 5.41 Å². The molecule has 0 saturated heterocycles. The second kappa shape index (κ2) is 2.80. The van der Waals surface area contributed by atoms with Gasteiger partial charge in [0.05, 0.1) is 11.6 Å². The summed E-state index contributed by atoms with van der Waals surface area (Å²) < 4.78 is 27.0. The van der Waals surface area contributed by atoms with Crippen molar-refractivity contribution in [1.82, 2.24) is 15.0 Å². The Morgan fingerprint density at radius 2 is 2.19 bits per heavy atom. The van der Waals surface area contributed by atoms with Gasteiger partial charge in [-0.3, -0.25) is 4.98 Å². The Balaban J connectivity index is 2.14. The number of hydrogen-bond donors (Lipinski definition) is 1. The summed E-state index contributed by atoms with van der Waals surface area (Å²) in [5.74, 6) is -2.62. The quantitative estimate of drug-likeness (QED) is 0.876. The molecule has 0 aliphatic heterocycles. The molecular formula is C10H8BrF2N3. The van der Waals surface area contributed by atoms with Gasteiger partial charge in [0.15, 0.2) is 5.65 Å². The molecule has 1 atom stereocenters. The van der Waals surface area contributed by atoms with Gasteiger partial charge in [-0.05, 0) is 28.9 Å². The van der Waals surface area contributed by atoms with Gasteiger partial charge in [-0.1, -0.05) is 0 Å². The molecule has 16 heavy (non-hydrogen) atoms. The third kappa shape index (κ3) is 1.22. The predicted molar refractivity (Wildman–Crippen MR) is 58.5 cm³/mol. The van der Waals surface area contributed by atoms with Gasteiger partial charge in [0.2, 0.25) is 0 Å². The Labute approximate surface area is 98.4 Å². The van der Waals surface area contributed by atoms with E-state index in [1.165, 1.54) is 0 Å². The number of nitrogens with one attached hydrogen (secondary N) is 1. The molecule has 2 aromatic rings. The number of aromatic amines is 1. The first kappa shape index (κ1) is 10.1. The van der Waals surface area contributed by atoms with E-state index >= 15 is 0 Å². The highest BCUT2D eigenvalue weighted by Gasteiger charge is 2.69. The first-order valence-corrected chi connectivity index (χ1v) is 5.61. The number of nitrogens with zero attached hydrogens (tertiary/aromatic N) is 2. The highest BCUT2D eigenvalue weighted by atomic mass is 79.9. The third-order valence-electron chi connectivity index (χ3n) is 3.16. The van der Waals surface area contributed by atoms with E-state index in [2.05, 4.69) is 30.9 Å². The number of rotatable bonds is 1. The van der Waals surface area contributed by atoms with E-state index in [9.17, 15) is 8.78 Å². The number of fused-ring (bicyclic) bond motifs is 1. The van der Waals surface area contributed by atoms with Crippen molar-refractivity contribution < 1.29 is 8.78 Å². The molecule has 84 valence electrons. The van der Waals surface area contributed by atoms with Crippen LogP contribution in [0.15, 0.2) is 16.9 Å². The molecule has 1 unspecified atom stereocenters. The van der Waals surface area contributed by atoms with E-state index in [0.29, 0.717) is 21.5 Å². The van der Waals surface area contributed by atoms with E-state index in [4.69, 9.17) is 0 Å². The largest absolute Gasteiger partial charge is 0.341 e. The van der Waals surface area contributed by atoms with E-state index < -0.39 is 11.3 Å². The standard InChI is InChI=1S/C10H8BrF2N3/c1-9(4-10(9,12)13)6-2-5-8(15-6)16-7(11)3-14-5/h2-3H,4H2,1H3,(H,15,16). The molecule has 3 nitrogen and oxygen atoms in total. The van der Waals surface area contributed by atoms with Crippen molar-refractivity contribution in [2.75, 3.05) is 0 Å². The van der Waals surface area contributed by atoms with Crippen LogP contribution >= 0.6 is 15.9 Å². The van der Waals surface area contributed by atoms with Crippen LogP contribution in [0.25, 0.3) is 11.2 Å². The lowest BCUT2D eigenvalue weighted by Gasteiger charge is -2.06. The summed E-state index contributed by atoms with van der Waals surface area (Å²) in [6, 6.07) is 1.65. The first-order chi connectivity index (χ1) is 7.42. The monoisotopic (exact) mass is 287 g/mol. The van der Waals surface area contributed by atoms with Gasteiger partial charge in [0, 0.05) is 12.1 Å². The van der Waals surface area contributed by atoms with Gasteiger partial charge >= 0.3 is 0 Å². The molecule has 1 aliphatic carbocycles. The molecule has 1 aliphatic rings. The number of hydrogen-bond acceptors (Lipinski definition) is 2. The lowest BCUT2D eigenvalue weighted by atomic mass is 10.1. The molecule has 6 heteroatoms. The van der Waals surface area contributed by atoms with Crippen molar-refractivity contribution >= 4 is 27.1 Å². The molecular weight excluding hydrogens is 280 g/mol. The van der Waals surface area contributed by atoms with E-state index in [1.54, 1.807) is 19.2 Å². The summed E-state index contributed by atoms with van der Waals surface area (Å²) in [5, 5.41) is 0. The molecule has 3 rings (SSSR count). The number of halogens is 3. The van der Waals surface area contributed by atoms with E-state index in [-0.39, 0.29) is 6.42 Å². The molecule has 2 aromatic heterocycles. The lowest BCUT2D eigenvalue weighted by Crippen LogP contribution is -2.11. The van der Waals surface area contributed by atoms with Crippen LogP contribution in [0.3, 0.4) is 0 Å². The fourth-order valence-electron chi connectivity index (χ4n) is 1.86. The molecule has 1 fully saturated rings.